The Bertz CT molecular complexity index is 254. The fourth-order valence-corrected chi connectivity index (χ4v) is 0.812. The second kappa shape index (κ2) is 3.85. The Morgan fingerprint density at radius 3 is 2.42 bits per heavy atom. The number of carbonyl (C=O) groups is 1. The Balaban J connectivity index is 2.71. The molecule has 0 amide bonds. The molecule has 0 saturated carbocycles. The van der Waals surface area contributed by atoms with Crippen LogP contribution in [0.25, 0.3) is 0 Å². The number of halogens is 1. The summed E-state index contributed by atoms with van der Waals surface area (Å²) < 4.78 is 17.0. The molecule has 1 aromatic carbocycles. The average molecular weight is 168 g/mol. The van der Waals surface area contributed by atoms with Gasteiger partial charge in [-0.3, -0.25) is 4.79 Å². The fourth-order valence-electron chi connectivity index (χ4n) is 0.812. The summed E-state index contributed by atoms with van der Waals surface area (Å²) in [5, 5.41) is 0. The summed E-state index contributed by atoms with van der Waals surface area (Å²) in [5.41, 5.74) is 0.550. The number of ether oxygens (including phenoxy) is 1. The van der Waals surface area contributed by atoms with Crippen molar-refractivity contribution in [3.63, 3.8) is 0 Å². The van der Waals surface area contributed by atoms with E-state index in [1.807, 2.05) is 0 Å². The number of rotatable bonds is 3. The van der Waals surface area contributed by atoms with Crippen molar-refractivity contribution in [3.05, 3.63) is 29.8 Å². The van der Waals surface area contributed by atoms with Crippen LogP contribution in [0, 0.1) is 0 Å². The van der Waals surface area contributed by atoms with Gasteiger partial charge in [0.2, 0.25) is 6.36 Å². The smallest absolute Gasteiger partial charge is 0.235 e. The first kappa shape index (κ1) is 8.71. The highest BCUT2D eigenvalue weighted by atomic mass is 19.1. The van der Waals surface area contributed by atoms with E-state index in [4.69, 9.17) is 4.74 Å². The van der Waals surface area contributed by atoms with E-state index in [1.165, 1.54) is 6.92 Å². The lowest BCUT2D eigenvalue weighted by Gasteiger charge is -2.05. The molecule has 3 heteroatoms. The predicted octanol–water partition coefficient (Wildman–Crippen LogP) is 2.19. The third-order valence-electron chi connectivity index (χ3n) is 1.31. The van der Waals surface area contributed by atoms with Gasteiger partial charge in [0.05, 0.1) is 0 Å². The van der Waals surface area contributed by atoms with E-state index in [2.05, 4.69) is 0 Å². The summed E-state index contributed by atoms with van der Waals surface area (Å²) in [6, 6.07) is 6.26. The molecule has 2 nitrogen and oxygen atoms in total. The molecule has 0 fully saturated rings. The minimum atomic E-state index is -1.33. The SMILES string of the molecule is CC(F)Oc1ccc(C=O)cc1. The third-order valence-corrected chi connectivity index (χ3v) is 1.31. The van der Waals surface area contributed by atoms with Crippen molar-refractivity contribution in [3.8, 4) is 5.75 Å². The van der Waals surface area contributed by atoms with E-state index in [9.17, 15) is 9.18 Å². The molecule has 0 aliphatic carbocycles. The van der Waals surface area contributed by atoms with E-state index in [-0.39, 0.29) is 0 Å². The molecule has 1 rings (SSSR count). The first-order valence-corrected chi connectivity index (χ1v) is 3.58. The number of benzene rings is 1. The lowest BCUT2D eigenvalue weighted by atomic mass is 10.2. The van der Waals surface area contributed by atoms with Crippen LogP contribution in [0.2, 0.25) is 0 Å². The first-order valence-electron chi connectivity index (χ1n) is 3.58. The van der Waals surface area contributed by atoms with Gasteiger partial charge < -0.3 is 4.74 Å². The number of hydrogen-bond donors (Lipinski definition) is 0. The van der Waals surface area contributed by atoms with Gasteiger partial charge in [0.1, 0.15) is 12.0 Å². The summed E-state index contributed by atoms with van der Waals surface area (Å²) in [4.78, 5) is 10.2. The van der Waals surface area contributed by atoms with Crippen molar-refractivity contribution in [2.45, 2.75) is 13.3 Å². The molecule has 0 aromatic heterocycles. The molecule has 1 aromatic rings. The molecule has 12 heavy (non-hydrogen) atoms. The van der Waals surface area contributed by atoms with Gasteiger partial charge in [-0.1, -0.05) is 0 Å². The molecule has 1 unspecified atom stereocenters. The van der Waals surface area contributed by atoms with Crippen LogP contribution in [-0.2, 0) is 0 Å². The number of hydrogen-bond acceptors (Lipinski definition) is 2. The summed E-state index contributed by atoms with van der Waals surface area (Å²) in [6.07, 6.45) is -0.602. The van der Waals surface area contributed by atoms with Crippen molar-refractivity contribution >= 4 is 6.29 Å². The molecule has 0 aliphatic rings. The maximum atomic E-state index is 12.3. The number of aldehydes is 1. The molecule has 0 radical (unpaired) electrons. The summed E-state index contributed by atoms with van der Waals surface area (Å²) >= 11 is 0. The third kappa shape index (κ3) is 2.34. The molecule has 0 N–H and O–H groups in total. The van der Waals surface area contributed by atoms with Gasteiger partial charge in [0.15, 0.2) is 0 Å². The van der Waals surface area contributed by atoms with Crippen LogP contribution < -0.4 is 4.74 Å². The van der Waals surface area contributed by atoms with Crippen molar-refractivity contribution in [2.75, 3.05) is 0 Å². The van der Waals surface area contributed by atoms with Crippen LogP contribution in [0.5, 0.6) is 5.75 Å². The van der Waals surface area contributed by atoms with Crippen molar-refractivity contribution in [1.82, 2.24) is 0 Å². The van der Waals surface area contributed by atoms with Crippen LogP contribution in [0.15, 0.2) is 24.3 Å². The van der Waals surface area contributed by atoms with Crippen LogP contribution in [0.4, 0.5) is 4.39 Å². The Kier molecular flexibility index (Phi) is 2.80. The molecular formula is C9H9FO2. The van der Waals surface area contributed by atoms with Crippen molar-refractivity contribution in [2.24, 2.45) is 0 Å². The Hall–Kier alpha value is -1.38. The van der Waals surface area contributed by atoms with Crippen LogP contribution in [0.1, 0.15) is 17.3 Å². The molecular weight excluding hydrogens is 159 g/mol. The lowest BCUT2D eigenvalue weighted by molar-refractivity contribution is 0.0860. The summed E-state index contributed by atoms with van der Waals surface area (Å²) in [7, 11) is 0. The van der Waals surface area contributed by atoms with E-state index < -0.39 is 6.36 Å². The van der Waals surface area contributed by atoms with Gasteiger partial charge in [-0.05, 0) is 24.3 Å². The van der Waals surface area contributed by atoms with Gasteiger partial charge in [-0.25, -0.2) is 4.39 Å². The highest BCUT2D eigenvalue weighted by molar-refractivity contribution is 5.74. The van der Waals surface area contributed by atoms with Crippen molar-refractivity contribution < 1.29 is 13.9 Å². The minimum absolute atomic E-state index is 0.426. The fraction of sp³-hybridized carbons (Fsp3) is 0.222. The maximum Gasteiger partial charge on any atom is 0.235 e. The van der Waals surface area contributed by atoms with Crippen LogP contribution in [0.3, 0.4) is 0 Å². The lowest BCUT2D eigenvalue weighted by Crippen LogP contribution is -2.03. The highest BCUT2D eigenvalue weighted by Gasteiger charge is 1.98. The van der Waals surface area contributed by atoms with Crippen LogP contribution in [-0.4, -0.2) is 12.6 Å². The average Bonchev–Trinajstić information content (AvgIpc) is 2.05. The second-order valence-corrected chi connectivity index (χ2v) is 2.35. The quantitative estimate of drug-likeness (QED) is 0.646. The van der Waals surface area contributed by atoms with Gasteiger partial charge in [0.25, 0.3) is 0 Å². The zero-order chi connectivity index (χ0) is 8.97. The van der Waals surface area contributed by atoms with Gasteiger partial charge >= 0.3 is 0 Å². The second-order valence-electron chi connectivity index (χ2n) is 2.35. The van der Waals surface area contributed by atoms with E-state index in [0.717, 1.165) is 6.29 Å². The summed E-state index contributed by atoms with van der Waals surface area (Å²) in [5.74, 6) is 0.426. The largest absolute Gasteiger partial charge is 0.461 e. The Morgan fingerprint density at radius 2 is 2.00 bits per heavy atom. The Morgan fingerprint density at radius 1 is 1.42 bits per heavy atom. The van der Waals surface area contributed by atoms with E-state index in [1.54, 1.807) is 24.3 Å². The molecule has 1 atom stereocenters. The van der Waals surface area contributed by atoms with Crippen LogP contribution >= 0.6 is 0 Å². The number of carbonyl (C=O) groups excluding carboxylic acids is 1. The molecule has 0 saturated heterocycles. The molecule has 64 valence electrons. The normalized spacial score (nSPS) is 12.2. The van der Waals surface area contributed by atoms with Gasteiger partial charge in [-0.15, -0.1) is 0 Å². The van der Waals surface area contributed by atoms with E-state index in [0.29, 0.717) is 11.3 Å². The molecule has 0 spiro atoms. The monoisotopic (exact) mass is 168 g/mol. The summed E-state index contributed by atoms with van der Waals surface area (Å²) in [6.45, 7) is 1.30. The van der Waals surface area contributed by atoms with E-state index >= 15 is 0 Å². The highest BCUT2D eigenvalue weighted by Crippen LogP contribution is 2.12. The maximum absolute atomic E-state index is 12.3. The standard InChI is InChI=1S/C9H9FO2/c1-7(10)12-9-4-2-8(6-11)3-5-9/h2-7H,1H3. The topological polar surface area (TPSA) is 26.3 Å². The molecule has 0 bridgehead atoms. The van der Waals surface area contributed by atoms with Gasteiger partial charge in [0, 0.05) is 12.5 Å². The Labute approximate surface area is 70.0 Å². The first-order chi connectivity index (χ1) is 5.72. The zero-order valence-electron chi connectivity index (χ0n) is 6.66. The van der Waals surface area contributed by atoms with Gasteiger partial charge in [-0.2, -0.15) is 0 Å². The number of alkyl halides is 1. The molecule has 0 heterocycles. The predicted molar refractivity (Wildman–Crippen MR) is 43.0 cm³/mol. The minimum Gasteiger partial charge on any atom is -0.461 e. The van der Waals surface area contributed by atoms with Crippen molar-refractivity contribution in [1.29, 1.82) is 0 Å². The molecule has 0 aliphatic heterocycles. The zero-order valence-corrected chi connectivity index (χ0v) is 6.66.